The van der Waals surface area contributed by atoms with Crippen molar-refractivity contribution < 1.29 is 4.74 Å². The van der Waals surface area contributed by atoms with Gasteiger partial charge in [-0.2, -0.15) is 0 Å². The Morgan fingerprint density at radius 3 is 2.12 bits per heavy atom. The summed E-state index contributed by atoms with van der Waals surface area (Å²) in [6.45, 7) is 15.0. The summed E-state index contributed by atoms with van der Waals surface area (Å²) < 4.78 is 6.40. The minimum Gasteiger partial charge on any atom is -0.438 e. The molecular formula is C23H34N2O. The zero-order chi connectivity index (χ0) is 19.3. The van der Waals surface area contributed by atoms with Crippen LogP contribution in [0.15, 0.2) is 18.2 Å². The number of aromatic nitrogens is 1. The predicted octanol–water partition coefficient (Wildman–Crippen LogP) is 6.66. The van der Waals surface area contributed by atoms with E-state index in [-0.39, 0.29) is 0 Å². The molecule has 0 fully saturated rings. The lowest BCUT2D eigenvalue weighted by molar-refractivity contribution is 0.448. The summed E-state index contributed by atoms with van der Waals surface area (Å²) in [6, 6.07) is 6.97. The second kappa shape index (κ2) is 9.07. The molecule has 0 amide bonds. The van der Waals surface area contributed by atoms with Crippen molar-refractivity contribution in [3.63, 3.8) is 0 Å². The summed E-state index contributed by atoms with van der Waals surface area (Å²) in [5.74, 6) is 1.68. The molecule has 142 valence electrons. The van der Waals surface area contributed by atoms with E-state index in [9.17, 15) is 0 Å². The molecule has 0 saturated carbocycles. The zero-order valence-corrected chi connectivity index (χ0v) is 17.5. The normalized spacial score (nSPS) is 11.1. The van der Waals surface area contributed by atoms with Crippen LogP contribution < -0.4 is 10.1 Å². The Morgan fingerprint density at radius 1 is 0.962 bits per heavy atom. The standard InChI is InChI=1S/C23H34N2O/c1-8-11-20-21(25-19(9-2)10-3)14-18(7)24-23(20)26-22-16(5)12-15(4)13-17(22)6/h12-14,19H,8-11H2,1-7H3,(H,24,25). The number of nitrogens with one attached hydrogen (secondary N) is 1. The molecule has 1 N–H and O–H groups in total. The minimum absolute atomic E-state index is 0.475. The number of pyridine rings is 1. The molecule has 1 aromatic carbocycles. The molecule has 0 aliphatic heterocycles. The van der Waals surface area contributed by atoms with E-state index in [1.165, 1.54) is 16.8 Å². The molecule has 2 aromatic rings. The molecule has 0 atom stereocenters. The molecule has 3 nitrogen and oxygen atoms in total. The second-order valence-corrected chi connectivity index (χ2v) is 7.33. The lowest BCUT2D eigenvalue weighted by Gasteiger charge is -2.22. The monoisotopic (exact) mass is 354 g/mol. The third-order valence-corrected chi connectivity index (χ3v) is 4.86. The van der Waals surface area contributed by atoms with Gasteiger partial charge in [0.1, 0.15) is 5.75 Å². The van der Waals surface area contributed by atoms with Crippen LogP contribution in [0.2, 0.25) is 0 Å². The van der Waals surface area contributed by atoms with Crippen molar-refractivity contribution in [2.75, 3.05) is 5.32 Å². The lowest BCUT2D eigenvalue weighted by atomic mass is 10.1. The van der Waals surface area contributed by atoms with Gasteiger partial charge in [0.2, 0.25) is 5.88 Å². The van der Waals surface area contributed by atoms with Crippen molar-refractivity contribution >= 4 is 5.69 Å². The molecule has 3 heteroatoms. The first-order chi connectivity index (χ1) is 12.4. The molecule has 2 rings (SSSR count). The van der Waals surface area contributed by atoms with Crippen molar-refractivity contribution in [3.8, 4) is 11.6 Å². The van der Waals surface area contributed by atoms with Crippen LogP contribution in [-0.4, -0.2) is 11.0 Å². The molecule has 0 radical (unpaired) electrons. The van der Waals surface area contributed by atoms with E-state index in [1.54, 1.807) is 0 Å². The highest BCUT2D eigenvalue weighted by Crippen LogP contribution is 2.35. The summed E-state index contributed by atoms with van der Waals surface area (Å²) in [4.78, 5) is 4.75. The Morgan fingerprint density at radius 2 is 1.58 bits per heavy atom. The van der Waals surface area contributed by atoms with Crippen molar-refractivity contribution in [1.82, 2.24) is 4.98 Å². The van der Waals surface area contributed by atoms with Crippen LogP contribution >= 0.6 is 0 Å². The molecule has 0 unspecified atom stereocenters. The van der Waals surface area contributed by atoms with Crippen molar-refractivity contribution in [2.45, 2.75) is 80.2 Å². The highest BCUT2D eigenvalue weighted by molar-refractivity contribution is 5.58. The smallest absolute Gasteiger partial charge is 0.224 e. The van der Waals surface area contributed by atoms with Gasteiger partial charge in [0.15, 0.2) is 0 Å². The Balaban J connectivity index is 2.49. The fourth-order valence-electron chi connectivity index (χ4n) is 3.51. The second-order valence-electron chi connectivity index (χ2n) is 7.33. The molecule has 0 aliphatic rings. The quantitative estimate of drug-likeness (QED) is 0.575. The van der Waals surface area contributed by atoms with E-state index in [0.717, 1.165) is 54.1 Å². The average Bonchev–Trinajstić information content (AvgIpc) is 2.58. The number of hydrogen-bond donors (Lipinski definition) is 1. The van der Waals surface area contributed by atoms with E-state index in [0.29, 0.717) is 6.04 Å². The van der Waals surface area contributed by atoms with Gasteiger partial charge in [0.25, 0.3) is 0 Å². The van der Waals surface area contributed by atoms with Crippen LogP contribution in [0, 0.1) is 27.7 Å². The highest BCUT2D eigenvalue weighted by atomic mass is 16.5. The third kappa shape index (κ3) is 4.78. The van der Waals surface area contributed by atoms with Gasteiger partial charge in [0, 0.05) is 23.0 Å². The molecular weight excluding hydrogens is 320 g/mol. The maximum atomic E-state index is 6.40. The molecule has 0 spiro atoms. The first kappa shape index (κ1) is 20.3. The fraction of sp³-hybridized carbons (Fsp3) is 0.522. The summed E-state index contributed by atoms with van der Waals surface area (Å²) in [6.07, 6.45) is 4.23. The lowest BCUT2D eigenvalue weighted by Crippen LogP contribution is -2.18. The van der Waals surface area contributed by atoms with Crippen molar-refractivity contribution in [2.24, 2.45) is 0 Å². The fourth-order valence-corrected chi connectivity index (χ4v) is 3.51. The number of anilines is 1. The summed E-state index contributed by atoms with van der Waals surface area (Å²) in [5, 5.41) is 3.72. The van der Waals surface area contributed by atoms with Crippen LogP contribution in [0.25, 0.3) is 0 Å². The van der Waals surface area contributed by atoms with Crippen LogP contribution in [0.4, 0.5) is 5.69 Å². The van der Waals surface area contributed by atoms with Crippen LogP contribution in [0.3, 0.4) is 0 Å². The third-order valence-electron chi connectivity index (χ3n) is 4.86. The van der Waals surface area contributed by atoms with Crippen LogP contribution in [0.5, 0.6) is 11.6 Å². The highest BCUT2D eigenvalue weighted by Gasteiger charge is 2.17. The van der Waals surface area contributed by atoms with Gasteiger partial charge in [-0.25, -0.2) is 4.98 Å². The van der Waals surface area contributed by atoms with Gasteiger partial charge in [0.05, 0.1) is 0 Å². The molecule has 1 aromatic heterocycles. The van der Waals surface area contributed by atoms with Crippen molar-refractivity contribution in [1.29, 1.82) is 0 Å². The molecule has 0 bridgehead atoms. The molecule has 0 saturated heterocycles. The largest absolute Gasteiger partial charge is 0.438 e. The van der Waals surface area contributed by atoms with Gasteiger partial charge in [-0.05, 0) is 64.2 Å². The molecule has 26 heavy (non-hydrogen) atoms. The van der Waals surface area contributed by atoms with E-state index >= 15 is 0 Å². The Kier molecular flexibility index (Phi) is 7.07. The van der Waals surface area contributed by atoms with Gasteiger partial charge in [-0.3, -0.25) is 0 Å². The zero-order valence-electron chi connectivity index (χ0n) is 17.5. The average molecular weight is 355 g/mol. The van der Waals surface area contributed by atoms with E-state index in [1.807, 2.05) is 6.92 Å². The summed E-state index contributed by atoms with van der Waals surface area (Å²) in [5.41, 5.74) is 6.91. The number of nitrogens with zero attached hydrogens (tertiary/aromatic N) is 1. The van der Waals surface area contributed by atoms with Gasteiger partial charge < -0.3 is 10.1 Å². The predicted molar refractivity (Wildman–Crippen MR) is 112 cm³/mol. The maximum Gasteiger partial charge on any atom is 0.224 e. The Labute approximate surface area is 159 Å². The van der Waals surface area contributed by atoms with Gasteiger partial charge in [-0.1, -0.05) is 44.9 Å². The van der Waals surface area contributed by atoms with Crippen LogP contribution in [0.1, 0.15) is 68.0 Å². The van der Waals surface area contributed by atoms with E-state index in [2.05, 4.69) is 65.1 Å². The SMILES string of the molecule is CCCc1c(NC(CC)CC)cc(C)nc1Oc1c(C)cc(C)cc1C. The van der Waals surface area contributed by atoms with Gasteiger partial charge in [-0.15, -0.1) is 0 Å². The number of hydrogen-bond acceptors (Lipinski definition) is 3. The maximum absolute atomic E-state index is 6.40. The first-order valence-electron chi connectivity index (χ1n) is 9.92. The number of aryl methyl sites for hydroxylation is 4. The van der Waals surface area contributed by atoms with E-state index < -0.39 is 0 Å². The molecule has 1 heterocycles. The van der Waals surface area contributed by atoms with Gasteiger partial charge >= 0.3 is 0 Å². The summed E-state index contributed by atoms with van der Waals surface area (Å²) in [7, 11) is 0. The minimum atomic E-state index is 0.475. The topological polar surface area (TPSA) is 34.2 Å². The first-order valence-corrected chi connectivity index (χ1v) is 9.92. The number of ether oxygens (including phenoxy) is 1. The Hall–Kier alpha value is -2.03. The van der Waals surface area contributed by atoms with Crippen molar-refractivity contribution in [3.05, 3.63) is 46.1 Å². The number of rotatable bonds is 8. The summed E-state index contributed by atoms with van der Waals surface area (Å²) >= 11 is 0. The van der Waals surface area contributed by atoms with Crippen LogP contribution in [-0.2, 0) is 6.42 Å². The van der Waals surface area contributed by atoms with E-state index in [4.69, 9.17) is 9.72 Å². The Bertz CT molecular complexity index is 725. The number of benzene rings is 1. The molecule has 0 aliphatic carbocycles.